The number of fused-ring (bicyclic) bond motifs is 1. The molecule has 0 atom stereocenters. The largest absolute Gasteiger partial charge is 0.504 e. The van der Waals surface area contributed by atoms with Gasteiger partial charge in [-0.1, -0.05) is 42.5 Å². The topological polar surface area (TPSA) is 94.7 Å². The molecule has 0 fully saturated rings. The maximum atomic E-state index is 13.2. The van der Waals surface area contributed by atoms with Crippen LogP contribution < -0.4 is 14.9 Å². The molecule has 0 aliphatic carbocycles. The Morgan fingerprint density at radius 1 is 0.775 bits per heavy atom. The first-order valence-electron chi connectivity index (χ1n) is 13.1. The SMILES string of the molecule is Cc1cc(C)c(COc2c(OCc3nc(C)c(C)nc3C)cc3oc(-c4ccccc4)cc(=O)c3c2O)cc1C. The van der Waals surface area contributed by atoms with Gasteiger partial charge in [0.15, 0.2) is 16.9 Å². The predicted molar refractivity (Wildman–Crippen MR) is 155 cm³/mol. The molecule has 0 spiro atoms. The average Bonchev–Trinajstić information content (AvgIpc) is 2.92. The van der Waals surface area contributed by atoms with Crippen molar-refractivity contribution in [2.75, 3.05) is 0 Å². The summed E-state index contributed by atoms with van der Waals surface area (Å²) >= 11 is 0. The molecule has 5 aromatic rings. The number of hydrogen-bond donors (Lipinski definition) is 1. The molecule has 2 heterocycles. The summed E-state index contributed by atoms with van der Waals surface area (Å²) in [6.45, 7) is 12.1. The second-order valence-corrected chi connectivity index (χ2v) is 10.1. The zero-order valence-corrected chi connectivity index (χ0v) is 23.6. The van der Waals surface area contributed by atoms with Crippen LogP contribution in [0.3, 0.4) is 0 Å². The molecular formula is C33H32N2O5. The van der Waals surface area contributed by atoms with Gasteiger partial charge in [-0.2, -0.15) is 0 Å². The number of aromatic nitrogens is 2. The highest BCUT2D eigenvalue weighted by atomic mass is 16.5. The van der Waals surface area contributed by atoms with Crippen LogP contribution in [-0.4, -0.2) is 15.1 Å². The molecule has 0 radical (unpaired) electrons. The fraction of sp³-hybridized carbons (Fsp3) is 0.242. The summed E-state index contributed by atoms with van der Waals surface area (Å²) in [6.07, 6.45) is 0. The summed E-state index contributed by atoms with van der Waals surface area (Å²) in [7, 11) is 0. The van der Waals surface area contributed by atoms with Crippen LogP contribution >= 0.6 is 0 Å². The molecule has 0 unspecified atom stereocenters. The van der Waals surface area contributed by atoms with E-state index in [-0.39, 0.29) is 46.9 Å². The number of ether oxygens (including phenoxy) is 2. The van der Waals surface area contributed by atoms with Gasteiger partial charge in [0, 0.05) is 17.7 Å². The number of phenolic OH excluding ortho intramolecular Hbond substituents is 1. The normalized spacial score (nSPS) is 11.2. The van der Waals surface area contributed by atoms with E-state index in [2.05, 4.69) is 29.0 Å². The Hall–Kier alpha value is -4.65. The predicted octanol–water partition coefficient (Wildman–Crippen LogP) is 6.96. The highest BCUT2D eigenvalue weighted by Crippen LogP contribution is 2.43. The van der Waals surface area contributed by atoms with Crippen molar-refractivity contribution in [1.82, 2.24) is 9.97 Å². The highest BCUT2D eigenvalue weighted by molar-refractivity contribution is 5.89. The molecule has 5 rings (SSSR count). The van der Waals surface area contributed by atoms with Gasteiger partial charge in [0.1, 0.15) is 29.9 Å². The third-order valence-electron chi connectivity index (χ3n) is 7.24. The van der Waals surface area contributed by atoms with E-state index in [1.54, 1.807) is 6.07 Å². The minimum atomic E-state index is -0.382. The van der Waals surface area contributed by atoms with E-state index in [9.17, 15) is 9.90 Å². The number of phenols is 1. The van der Waals surface area contributed by atoms with Crippen molar-refractivity contribution in [1.29, 1.82) is 0 Å². The maximum Gasteiger partial charge on any atom is 0.204 e. The lowest BCUT2D eigenvalue weighted by Gasteiger charge is -2.17. The van der Waals surface area contributed by atoms with Gasteiger partial charge in [0.05, 0.1) is 22.8 Å². The van der Waals surface area contributed by atoms with Crippen molar-refractivity contribution < 1.29 is 19.0 Å². The van der Waals surface area contributed by atoms with Crippen molar-refractivity contribution in [3.8, 4) is 28.6 Å². The molecule has 0 saturated carbocycles. The molecule has 1 N–H and O–H groups in total. The van der Waals surface area contributed by atoms with Gasteiger partial charge in [0.25, 0.3) is 0 Å². The maximum absolute atomic E-state index is 13.2. The second kappa shape index (κ2) is 10.8. The van der Waals surface area contributed by atoms with Gasteiger partial charge in [-0.3, -0.25) is 14.8 Å². The summed E-state index contributed by atoms with van der Waals surface area (Å²) in [4.78, 5) is 22.4. The van der Waals surface area contributed by atoms with Crippen LogP contribution in [0, 0.1) is 41.5 Å². The van der Waals surface area contributed by atoms with Crippen molar-refractivity contribution in [2.24, 2.45) is 0 Å². The molecule has 204 valence electrons. The smallest absolute Gasteiger partial charge is 0.204 e. The summed E-state index contributed by atoms with van der Waals surface area (Å²) in [5.74, 6) is 0.364. The summed E-state index contributed by atoms with van der Waals surface area (Å²) in [6, 6.07) is 16.5. The average molecular weight is 537 g/mol. The molecule has 0 amide bonds. The summed E-state index contributed by atoms with van der Waals surface area (Å²) in [5.41, 5.74) is 8.00. The molecule has 0 aliphatic rings. The first-order chi connectivity index (χ1) is 19.1. The minimum Gasteiger partial charge on any atom is -0.504 e. The number of nitrogens with zero attached hydrogens (tertiary/aromatic N) is 2. The number of hydrogen-bond acceptors (Lipinski definition) is 7. The molecule has 0 aliphatic heterocycles. The molecule has 7 nitrogen and oxygen atoms in total. The van der Waals surface area contributed by atoms with E-state index in [0.29, 0.717) is 11.5 Å². The van der Waals surface area contributed by atoms with Gasteiger partial charge in [-0.15, -0.1) is 0 Å². The fourth-order valence-corrected chi connectivity index (χ4v) is 4.62. The van der Waals surface area contributed by atoms with Crippen LogP contribution in [0.25, 0.3) is 22.3 Å². The molecule has 2 aromatic heterocycles. The van der Waals surface area contributed by atoms with E-state index in [1.165, 1.54) is 11.6 Å². The van der Waals surface area contributed by atoms with E-state index < -0.39 is 0 Å². The Labute approximate surface area is 233 Å². The van der Waals surface area contributed by atoms with Gasteiger partial charge >= 0.3 is 0 Å². The highest BCUT2D eigenvalue weighted by Gasteiger charge is 2.22. The Morgan fingerprint density at radius 2 is 1.48 bits per heavy atom. The third kappa shape index (κ3) is 5.27. The Kier molecular flexibility index (Phi) is 7.30. The van der Waals surface area contributed by atoms with Crippen molar-refractivity contribution in [3.05, 3.63) is 110 Å². The van der Waals surface area contributed by atoms with Crippen molar-refractivity contribution in [3.63, 3.8) is 0 Å². The lowest BCUT2D eigenvalue weighted by molar-refractivity contribution is 0.244. The first kappa shape index (κ1) is 26.9. The standard InChI is InChI=1S/C33H32N2O5/c1-18-12-20(3)25(13-19(18)2)16-39-33-30(38-17-26-23(6)34-21(4)22(5)35-26)15-29-31(32(33)37)27(36)14-28(40-29)24-10-8-7-9-11-24/h7-15,37H,16-17H2,1-6H3. The van der Waals surface area contributed by atoms with Crippen LogP contribution in [0.15, 0.2) is 63.8 Å². The van der Waals surface area contributed by atoms with Crippen LogP contribution in [0.5, 0.6) is 17.2 Å². The van der Waals surface area contributed by atoms with Crippen LogP contribution in [0.1, 0.15) is 45.0 Å². The number of aromatic hydroxyl groups is 1. The first-order valence-corrected chi connectivity index (χ1v) is 13.1. The third-order valence-corrected chi connectivity index (χ3v) is 7.24. The monoisotopic (exact) mass is 536 g/mol. The number of rotatable bonds is 7. The molecule has 3 aromatic carbocycles. The van der Waals surface area contributed by atoms with Gasteiger partial charge in [-0.25, -0.2) is 0 Å². The molecule has 0 bridgehead atoms. The van der Waals surface area contributed by atoms with Crippen LogP contribution in [0.2, 0.25) is 0 Å². The Balaban J connectivity index is 1.60. The number of benzene rings is 3. The Bertz CT molecular complexity index is 1790. The fourth-order valence-electron chi connectivity index (χ4n) is 4.62. The Morgan fingerprint density at radius 3 is 2.23 bits per heavy atom. The van der Waals surface area contributed by atoms with E-state index in [0.717, 1.165) is 39.3 Å². The minimum absolute atomic E-state index is 0.0287. The molecule has 0 saturated heterocycles. The summed E-state index contributed by atoms with van der Waals surface area (Å²) < 4.78 is 18.5. The van der Waals surface area contributed by atoms with Crippen LogP contribution in [-0.2, 0) is 13.2 Å². The lowest BCUT2D eigenvalue weighted by atomic mass is 10.0. The van der Waals surface area contributed by atoms with E-state index >= 15 is 0 Å². The molecule has 7 heteroatoms. The molecular weight excluding hydrogens is 504 g/mol. The lowest BCUT2D eigenvalue weighted by Crippen LogP contribution is -2.09. The zero-order valence-electron chi connectivity index (χ0n) is 23.6. The second-order valence-electron chi connectivity index (χ2n) is 10.1. The van der Waals surface area contributed by atoms with Gasteiger partial charge < -0.3 is 19.0 Å². The van der Waals surface area contributed by atoms with Crippen LogP contribution in [0.4, 0.5) is 0 Å². The van der Waals surface area contributed by atoms with E-state index in [1.807, 2.05) is 65.0 Å². The van der Waals surface area contributed by atoms with Crippen molar-refractivity contribution >= 4 is 11.0 Å². The van der Waals surface area contributed by atoms with Gasteiger partial charge in [-0.05, 0) is 63.8 Å². The number of aryl methyl sites for hydroxylation is 6. The van der Waals surface area contributed by atoms with Crippen molar-refractivity contribution in [2.45, 2.75) is 54.8 Å². The molecule has 40 heavy (non-hydrogen) atoms. The summed E-state index contributed by atoms with van der Waals surface area (Å²) in [5, 5.41) is 11.4. The van der Waals surface area contributed by atoms with Gasteiger partial charge in [0.2, 0.25) is 5.75 Å². The zero-order chi connectivity index (χ0) is 28.6. The van der Waals surface area contributed by atoms with E-state index in [4.69, 9.17) is 13.9 Å². The quantitative estimate of drug-likeness (QED) is 0.240.